The number of aryl methyl sites for hydroxylation is 2. The summed E-state index contributed by atoms with van der Waals surface area (Å²) in [5.41, 5.74) is 9.87. The molecule has 0 unspecified atom stereocenters. The van der Waals surface area contributed by atoms with Gasteiger partial charge in [0.25, 0.3) is 0 Å². The van der Waals surface area contributed by atoms with Gasteiger partial charge in [0, 0.05) is 11.4 Å². The van der Waals surface area contributed by atoms with Crippen molar-refractivity contribution in [2.45, 2.75) is 13.8 Å². The van der Waals surface area contributed by atoms with Crippen LogP contribution in [-0.4, -0.2) is 10.1 Å². The second kappa shape index (κ2) is 3.85. The fourth-order valence-corrected chi connectivity index (χ4v) is 1.72. The van der Waals surface area contributed by atoms with Crippen LogP contribution in [-0.2, 0) is 0 Å². The molecule has 3 N–H and O–H groups in total. The Morgan fingerprint density at radius 2 is 1.62 bits per heavy atom. The van der Waals surface area contributed by atoms with Crippen LogP contribution in [0.25, 0.3) is 11.1 Å². The molecule has 1 aromatic heterocycles. The summed E-state index contributed by atoms with van der Waals surface area (Å²) in [6.07, 6.45) is 0. The number of hydrogen-bond donors (Lipinski definition) is 2. The summed E-state index contributed by atoms with van der Waals surface area (Å²) in [5, 5.41) is 9.56. The Balaban J connectivity index is 2.54. The summed E-state index contributed by atoms with van der Waals surface area (Å²) < 4.78 is 0. The molecule has 0 saturated heterocycles. The fraction of sp³-hybridized carbons (Fsp3) is 0.154. The minimum atomic E-state index is 0.115. The zero-order chi connectivity index (χ0) is 11.7. The van der Waals surface area contributed by atoms with E-state index in [2.05, 4.69) is 4.98 Å². The Morgan fingerprint density at radius 1 is 1.00 bits per heavy atom. The van der Waals surface area contributed by atoms with Crippen LogP contribution in [0.15, 0.2) is 30.3 Å². The molecule has 0 atom stereocenters. The Morgan fingerprint density at radius 3 is 2.19 bits per heavy atom. The first kappa shape index (κ1) is 10.5. The first-order chi connectivity index (χ1) is 7.56. The molecule has 0 saturated carbocycles. The number of nitrogens with two attached hydrogens (primary N) is 1. The average molecular weight is 214 g/mol. The first-order valence-electron chi connectivity index (χ1n) is 5.10. The van der Waals surface area contributed by atoms with Crippen LogP contribution in [0.4, 0.5) is 5.69 Å². The number of benzene rings is 1. The summed E-state index contributed by atoms with van der Waals surface area (Å²) in [6, 6.07) is 9.23. The normalized spacial score (nSPS) is 10.4. The van der Waals surface area contributed by atoms with Crippen LogP contribution in [0.5, 0.6) is 5.75 Å². The number of phenols is 1. The van der Waals surface area contributed by atoms with E-state index in [9.17, 15) is 5.11 Å². The highest BCUT2D eigenvalue weighted by Crippen LogP contribution is 2.28. The SMILES string of the molecule is Cc1cc(-c2ccc(N)c(O)c2)cc(C)n1. The van der Waals surface area contributed by atoms with Gasteiger partial charge in [-0.25, -0.2) is 0 Å². The zero-order valence-electron chi connectivity index (χ0n) is 9.36. The van der Waals surface area contributed by atoms with Crippen LogP contribution in [0, 0.1) is 13.8 Å². The third kappa shape index (κ3) is 1.98. The van der Waals surface area contributed by atoms with E-state index < -0.39 is 0 Å². The lowest BCUT2D eigenvalue weighted by Gasteiger charge is -2.06. The van der Waals surface area contributed by atoms with E-state index in [4.69, 9.17) is 5.73 Å². The standard InChI is InChI=1S/C13H14N2O/c1-8-5-11(6-9(2)15-8)10-3-4-12(14)13(16)7-10/h3-7,16H,14H2,1-2H3. The Hall–Kier alpha value is -2.03. The molecule has 16 heavy (non-hydrogen) atoms. The number of hydrogen-bond acceptors (Lipinski definition) is 3. The molecule has 0 aliphatic rings. The van der Waals surface area contributed by atoms with Gasteiger partial charge < -0.3 is 10.8 Å². The maximum absolute atomic E-state index is 9.56. The van der Waals surface area contributed by atoms with Crippen LogP contribution in [0.2, 0.25) is 0 Å². The first-order valence-corrected chi connectivity index (χ1v) is 5.10. The Labute approximate surface area is 94.6 Å². The maximum Gasteiger partial charge on any atom is 0.139 e. The predicted molar refractivity (Wildman–Crippen MR) is 65.2 cm³/mol. The largest absolute Gasteiger partial charge is 0.506 e. The van der Waals surface area contributed by atoms with Crippen LogP contribution >= 0.6 is 0 Å². The van der Waals surface area contributed by atoms with E-state index in [1.807, 2.05) is 32.0 Å². The lowest BCUT2D eigenvalue weighted by molar-refractivity contribution is 0.478. The monoisotopic (exact) mass is 214 g/mol. The van der Waals surface area contributed by atoms with E-state index in [1.165, 1.54) is 0 Å². The van der Waals surface area contributed by atoms with Crippen molar-refractivity contribution in [3.8, 4) is 16.9 Å². The molecular formula is C13H14N2O. The Bertz CT molecular complexity index is 515. The Kier molecular flexibility index (Phi) is 2.52. The molecule has 3 heteroatoms. The van der Waals surface area contributed by atoms with Crippen LogP contribution < -0.4 is 5.73 Å². The molecule has 0 bridgehead atoms. The van der Waals surface area contributed by atoms with E-state index in [0.717, 1.165) is 22.5 Å². The van der Waals surface area contributed by atoms with Gasteiger partial charge in [-0.3, -0.25) is 4.98 Å². The number of aromatic nitrogens is 1. The van der Waals surface area contributed by atoms with E-state index in [0.29, 0.717) is 5.69 Å². The maximum atomic E-state index is 9.56. The van der Waals surface area contributed by atoms with Gasteiger partial charge in [0.1, 0.15) is 5.75 Å². The van der Waals surface area contributed by atoms with Crippen molar-refractivity contribution in [1.82, 2.24) is 4.98 Å². The highest BCUT2D eigenvalue weighted by atomic mass is 16.3. The van der Waals surface area contributed by atoms with Crippen molar-refractivity contribution >= 4 is 5.69 Å². The summed E-state index contributed by atoms with van der Waals surface area (Å²) in [7, 11) is 0. The van der Waals surface area contributed by atoms with Crippen molar-refractivity contribution in [2.75, 3.05) is 5.73 Å². The van der Waals surface area contributed by atoms with E-state index >= 15 is 0 Å². The average Bonchev–Trinajstić information content (AvgIpc) is 2.20. The minimum absolute atomic E-state index is 0.115. The smallest absolute Gasteiger partial charge is 0.139 e. The molecule has 1 heterocycles. The summed E-state index contributed by atoms with van der Waals surface area (Å²) in [6.45, 7) is 3.90. The summed E-state index contributed by atoms with van der Waals surface area (Å²) in [5.74, 6) is 0.115. The number of anilines is 1. The number of nitrogen functional groups attached to an aromatic ring is 1. The van der Waals surface area contributed by atoms with Crippen LogP contribution in [0.3, 0.4) is 0 Å². The van der Waals surface area contributed by atoms with E-state index in [1.54, 1.807) is 12.1 Å². The van der Waals surface area contributed by atoms with Gasteiger partial charge in [-0.05, 0) is 49.2 Å². The van der Waals surface area contributed by atoms with Crippen molar-refractivity contribution in [2.24, 2.45) is 0 Å². The van der Waals surface area contributed by atoms with Gasteiger partial charge in [-0.2, -0.15) is 0 Å². The van der Waals surface area contributed by atoms with Crippen molar-refractivity contribution in [3.63, 3.8) is 0 Å². The number of phenolic OH excluding ortho intramolecular Hbond substituents is 1. The molecule has 2 rings (SSSR count). The fourth-order valence-electron chi connectivity index (χ4n) is 1.72. The highest BCUT2D eigenvalue weighted by molar-refractivity contribution is 5.69. The topological polar surface area (TPSA) is 59.1 Å². The lowest BCUT2D eigenvalue weighted by atomic mass is 10.0. The molecule has 0 radical (unpaired) electrons. The molecule has 1 aromatic carbocycles. The van der Waals surface area contributed by atoms with E-state index in [-0.39, 0.29) is 5.75 Å². The van der Waals surface area contributed by atoms with Gasteiger partial charge in [-0.1, -0.05) is 6.07 Å². The predicted octanol–water partition coefficient (Wildman–Crippen LogP) is 2.65. The second-order valence-electron chi connectivity index (χ2n) is 3.91. The quantitative estimate of drug-likeness (QED) is 0.566. The number of nitrogens with zero attached hydrogens (tertiary/aromatic N) is 1. The minimum Gasteiger partial charge on any atom is -0.506 e. The molecule has 82 valence electrons. The van der Waals surface area contributed by atoms with Gasteiger partial charge in [0.05, 0.1) is 5.69 Å². The zero-order valence-corrected chi connectivity index (χ0v) is 9.36. The van der Waals surface area contributed by atoms with Gasteiger partial charge >= 0.3 is 0 Å². The van der Waals surface area contributed by atoms with Crippen LogP contribution in [0.1, 0.15) is 11.4 Å². The number of pyridine rings is 1. The third-order valence-corrected chi connectivity index (χ3v) is 2.45. The van der Waals surface area contributed by atoms with Gasteiger partial charge in [0.2, 0.25) is 0 Å². The molecule has 3 nitrogen and oxygen atoms in total. The third-order valence-electron chi connectivity index (χ3n) is 2.45. The lowest BCUT2D eigenvalue weighted by Crippen LogP contribution is -1.89. The molecule has 0 aliphatic carbocycles. The molecule has 0 aliphatic heterocycles. The molecule has 2 aromatic rings. The molecule has 0 spiro atoms. The van der Waals surface area contributed by atoms with Gasteiger partial charge in [0.15, 0.2) is 0 Å². The molecule has 0 amide bonds. The second-order valence-corrected chi connectivity index (χ2v) is 3.91. The van der Waals surface area contributed by atoms with Crippen molar-refractivity contribution in [3.05, 3.63) is 41.7 Å². The number of rotatable bonds is 1. The van der Waals surface area contributed by atoms with Crippen molar-refractivity contribution < 1.29 is 5.11 Å². The highest BCUT2D eigenvalue weighted by Gasteiger charge is 2.03. The summed E-state index contributed by atoms with van der Waals surface area (Å²) >= 11 is 0. The summed E-state index contributed by atoms with van der Waals surface area (Å²) in [4.78, 5) is 4.31. The number of aromatic hydroxyl groups is 1. The molecular weight excluding hydrogens is 200 g/mol. The van der Waals surface area contributed by atoms with Crippen molar-refractivity contribution in [1.29, 1.82) is 0 Å². The molecule has 0 fully saturated rings. The van der Waals surface area contributed by atoms with Gasteiger partial charge in [-0.15, -0.1) is 0 Å².